The molecule has 0 aliphatic heterocycles. The molecule has 0 aromatic carbocycles. The fraction of sp³-hybridized carbons (Fsp3) is 0.600. The molecule has 0 heterocycles. The molecule has 0 aromatic rings. The van der Waals surface area contributed by atoms with Crippen LogP contribution in [0.5, 0.6) is 0 Å². The van der Waals surface area contributed by atoms with Crippen molar-refractivity contribution in [1.29, 1.82) is 0 Å². The molecule has 0 rings (SSSR count). The maximum atomic E-state index is 7.96. The van der Waals surface area contributed by atoms with Gasteiger partial charge in [0.25, 0.3) is 0 Å². The maximum Gasteiger partial charge on any atom is 0.0820 e. The van der Waals surface area contributed by atoms with Gasteiger partial charge in [0.05, 0.1) is 12.0 Å². The summed E-state index contributed by atoms with van der Waals surface area (Å²) in [7, 11) is 0. The Bertz CT molecular complexity index is 107. The van der Waals surface area contributed by atoms with Gasteiger partial charge < -0.3 is 15.9 Å². The van der Waals surface area contributed by atoms with Gasteiger partial charge in [0.15, 0.2) is 0 Å². The highest BCUT2D eigenvalue weighted by Crippen LogP contribution is 1.71. The van der Waals surface area contributed by atoms with Crippen LogP contribution in [0.25, 0.3) is 0 Å². The van der Waals surface area contributed by atoms with Gasteiger partial charge in [0.2, 0.25) is 0 Å². The quantitative estimate of drug-likeness (QED) is 0.585. The monoisotopic (exact) mass is 189 g/mol. The maximum absolute atomic E-state index is 7.96. The first-order chi connectivity index (χ1) is 6.06. The molecule has 3 nitrogen and oxygen atoms in total. The molecule has 0 fully saturated rings. The molecule has 0 unspecified atom stereocenters. The second-order valence-corrected chi connectivity index (χ2v) is 2.40. The first kappa shape index (κ1) is 18.0. The summed E-state index contributed by atoms with van der Waals surface area (Å²) in [5, 5.41) is 15.8. The lowest BCUT2D eigenvalue weighted by Crippen LogP contribution is -1.94. The minimum atomic E-state index is 0.167. The van der Waals surface area contributed by atoms with Crippen molar-refractivity contribution in [2.24, 2.45) is 5.73 Å². The van der Waals surface area contributed by atoms with Crippen molar-refractivity contribution >= 4 is 0 Å². The lowest BCUT2D eigenvalue weighted by atomic mass is 10.4. The second kappa shape index (κ2) is 22.5. The normalized spacial score (nSPS) is 8.00. The average Bonchev–Trinajstić information content (AvgIpc) is 2.01. The van der Waals surface area contributed by atoms with Gasteiger partial charge in [-0.15, -0.1) is 0 Å². The summed E-state index contributed by atoms with van der Waals surface area (Å²) in [5.74, 6) is 0.167. The molecule has 0 saturated carbocycles. The second-order valence-electron chi connectivity index (χ2n) is 2.40. The van der Waals surface area contributed by atoms with Crippen LogP contribution in [0.15, 0.2) is 24.7 Å². The smallest absolute Gasteiger partial charge is 0.0820 e. The zero-order chi connectivity index (χ0) is 11.1. The van der Waals surface area contributed by atoms with Gasteiger partial charge in [0, 0.05) is 0 Å². The Kier molecular flexibility index (Phi) is 31.0. The summed E-state index contributed by atoms with van der Waals surface area (Å²) in [6.45, 7) is 9.50. The largest absolute Gasteiger partial charge is 0.516 e. The molecule has 13 heavy (non-hydrogen) atoms. The van der Waals surface area contributed by atoms with Crippen LogP contribution >= 0.6 is 0 Å². The first-order valence-electron chi connectivity index (χ1n) is 4.40. The third-order valence-corrected chi connectivity index (χ3v) is 0.439. The number of hydrogen-bond donors (Lipinski definition) is 3. The molecule has 0 aliphatic rings. The zero-order valence-electron chi connectivity index (χ0n) is 8.95. The number of aliphatic hydroxyl groups is 2. The summed E-state index contributed by atoms with van der Waals surface area (Å²) in [6, 6.07) is 0. The summed E-state index contributed by atoms with van der Waals surface area (Å²) < 4.78 is 0. The first-order valence-corrected chi connectivity index (χ1v) is 4.40. The van der Waals surface area contributed by atoms with Gasteiger partial charge in [-0.1, -0.05) is 26.8 Å². The molecule has 0 bridgehead atoms. The van der Waals surface area contributed by atoms with Gasteiger partial charge in [-0.2, -0.15) is 0 Å². The van der Waals surface area contributed by atoms with Gasteiger partial charge in [0.1, 0.15) is 0 Å². The van der Waals surface area contributed by atoms with E-state index in [2.05, 4.69) is 20.4 Å². The lowest BCUT2D eigenvalue weighted by Gasteiger charge is -1.77. The molecule has 0 atom stereocenters. The highest BCUT2D eigenvalue weighted by atomic mass is 16.3. The third kappa shape index (κ3) is 217. The van der Waals surface area contributed by atoms with Crippen molar-refractivity contribution in [3.8, 4) is 0 Å². The number of hydrogen-bond acceptors (Lipinski definition) is 3. The van der Waals surface area contributed by atoms with Crippen LogP contribution in [0.1, 0.15) is 33.6 Å². The summed E-state index contributed by atoms with van der Waals surface area (Å²) in [5.41, 5.74) is 5.05. The van der Waals surface area contributed by atoms with Crippen molar-refractivity contribution in [2.45, 2.75) is 33.6 Å². The van der Waals surface area contributed by atoms with E-state index in [1.807, 2.05) is 0 Å². The zero-order valence-corrected chi connectivity index (χ0v) is 8.95. The molecule has 3 heteroatoms. The Morgan fingerprint density at radius 3 is 1.85 bits per heavy atom. The van der Waals surface area contributed by atoms with E-state index in [4.69, 9.17) is 15.9 Å². The Balaban J connectivity index is -0.000000125. The van der Waals surface area contributed by atoms with Crippen molar-refractivity contribution < 1.29 is 10.2 Å². The molecule has 0 saturated heterocycles. The Morgan fingerprint density at radius 1 is 1.46 bits per heavy atom. The predicted molar refractivity (Wildman–Crippen MR) is 58.8 cm³/mol. The van der Waals surface area contributed by atoms with E-state index < -0.39 is 0 Å². The van der Waals surface area contributed by atoms with Gasteiger partial charge in [-0.3, -0.25) is 0 Å². The molecule has 80 valence electrons. The van der Waals surface area contributed by atoms with E-state index in [0.717, 1.165) is 12.7 Å². The van der Waals surface area contributed by atoms with Crippen molar-refractivity contribution in [2.75, 3.05) is 6.54 Å². The predicted octanol–water partition coefficient (Wildman–Crippen LogP) is 2.90. The molecule has 0 radical (unpaired) electrons. The number of allylic oxidation sites excluding steroid dienone is 1. The topological polar surface area (TPSA) is 66.5 Å². The number of aliphatic hydroxyl groups excluding tert-OH is 2. The standard InChI is InChI=1S/C4H9NO.C3H6O.C3H8/c5-3-1-2-4-6;1-3(2)4;1-3-2/h2,4,6H,1,3,5H2;4H,1H2,2H3;3H2,1-2H3/b4-2-;;. The minimum Gasteiger partial charge on any atom is -0.516 e. The highest BCUT2D eigenvalue weighted by molar-refractivity contribution is 4.70. The highest BCUT2D eigenvalue weighted by Gasteiger charge is 1.65. The van der Waals surface area contributed by atoms with Crippen molar-refractivity contribution in [3.63, 3.8) is 0 Å². The van der Waals surface area contributed by atoms with E-state index in [1.165, 1.54) is 13.3 Å². The van der Waals surface area contributed by atoms with E-state index in [1.54, 1.807) is 6.08 Å². The van der Waals surface area contributed by atoms with Crippen LogP contribution < -0.4 is 5.73 Å². The van der Waals surface area contributed by atoms with E-state index >= 15 is 0 Å². The third-order valence-electron chi connectivity index (χ3n) is 0.439. The van der Waals surface area contributed by atoms with Crippen LogP contribution in [0.4, 0.5) is 0 Å². The molecule has 4 N–H and O–H groups in total. The number of nitrogens with two attached hydrogens (primary N) is 1. The Hall–Kier alpha value is -0.960. The van der Waals surface area contributed by atoms with Gasteiger partial charge >= 0.3 is 0 Å². The summed E-state index contributed by atoms with van der Waals surface area (Å²) in [4.78, 5) is 0. The van der Waals surface area contributed by atoms with Crippen LogP contribution in [0.2, 0.25) is 0 Å². The fourth-order valence-corrected chi connectivity index (χ4v) is 0.171. The molecular formula is C10H23NO2. The van der Waals surface area contributed by atoms with Crippen molar-refractivity contribution in [1.82, 2.24) is 0 Å². The van der Waals surface area contributed by atoms with Crippen LogP contribution in [-0.2, 0) is 0 Å². The van der Waals surface area contributed by atoms with E-state index in [-0.39, 0.29) is 5.76 Å². The SMILES string of the molecule is C=C(C)O.CCC.NCC/C=C\O. The molecule has 0 amide bonds. The molecule has 0 spiro atoms. The molecule has 0 aromatic heterocycles. The van der Waals surface area contributed by atoms with Crippen LogP contribution in [-0.4, -0.2) is 16.8 Å². The Morgan fingerprint density at radius 2 is 1.77 bits per heavy atom. The minimum absolute atomic E-state index is 0.167. The molecular weight excluding hydrogens is 166 g/mol. The van der Waals surface area contributed by atoms with Gasteiger partial charge in [-0.25, -0.2) is 0 Å². The average molecular weight is 189 g/mol. The van der Waals surface area contributed by atoms with Crippen molar-refractivity contribution in [3.05, 3.63) is 24.7 Å². The fourth-order valence-electron chi connectivity index (χ4n) is 0.171. The summed E-state index contributed by atoms with van der Waals surface area (Å²) >= 11 is 0. The van der Waals surface area contributed by atoms with Crippen LogP contribution in [0, 0.1) is 0 Å². The van der Waals surface area contributed by atoms with Gasteiger partial charge in [-0.05, 0) is 26.0 Å². The Labute approximate surface area is 81.6 Å². The molecule has 0 aliphatic carbocycles. The van der Waals surface area contributed by atoms with E-state index in [0.29, 0.717) is 6.54 Å². The summed E-state index contributed by atoms with van der Waals surface area (Å²) in [6.07, 6.45) is 4.63. The van der Waals surface area contributed by atoms with Crippen LogP contribution in [0.3, 0.4) is 0 Å². The lowest BCUT2D eigenvalue weighted by molar-refractivity contribution is 0.417. The van der Waals surface area contributed by atoms with E-state index in [9.17, 15) is 0 Å². The number of rotatable bonds is 2.